The molecule has 0 aliphatic carbocycles. The first-order valence-corrected chi connectivity index (χ1v) is 6.48. The zero-order chi connectivity index (χ0) is 14.4. The first-order valence-electron chi connectivity index (χ1n) is 6.48. The first kappa shape index (κ1) is 11.8. The number of aromatic hydroxyl groups is 1. The molecule has 0 bridgehead atoms. The fourth-order valence-corrected chi connectivity index (χ4v) is 2.49. The van der Waals surface area contributed by atoms with Crippen LogP contribution in [-0.4, -0.2) is 21.8 Å². The van der Waals surface area contributed by atoms with Gasteiger partial charge in [-0.1, -0.05) is 0 Å². The molecule has 0 radical (unpaired) electrons. The van der Waals surface area contributed by atoms with Crippen molar-refractivity contribution >= 4 is 21.9 Å². The van der Waals surface area contributed by atoms with Gasteiger partial charge >= 0.3 is 0 Å². The Morgan fingerprint density at radius 1 is 1.19 bits per heavy atom. The van der Waals surface area contributed by atoms with Gasteiger partial charge < -0.3 is 14.3 Å². The largest absolute Gasteiger partial charge is 0.497 e. The quantitative estimate of drug-likeness (QED) is 0.610. The summed E-state index contributed by atoms with van der Waals surface area (Å²) in [5.74, 6) is 0.879. The van der Waals surface area contributed by atoms with E-state index in [1.165, 1.54) is 6.39 Å². The van der Waals surface area contributed by atoms with Crippen LogP contribution in [0.2, 0.25) is 0 Å². The zero-order valence-electron chi connectivity index (χ0n) is 11.3. The molecular weight excluding hydrogens is 268 g/mol. The summed E-state index contributed by atoms with van der Waals surface area (Å²) in [6.45, 7) is 0. The molecule has 0 aliphatic rings. The van der Waals surface area contributed by atoms with Gasteiger partial charge in [-0.15, -0.1) is 0 Å². The summed E-state index contributed by atoms with van der Waals surface area (Å²) in [5, 5.41) is 12.1. The van der Waals surface area contributed by atoms with Crippen molar-refractivity contribution in [3.63, 3.8) is 0 Å². The number of ether oxygens (including phenoxy) is 1. The van der Waals surface area contributed by atoms with Crippen LogP contribution in [0.4, 0.5) is 0 Å². The Bertz CT molecular complexity index is 953. The van der Waals surface area contributed by atoms with Gasteiger partial charge in [-0.3, -0.25) is 4.57 Å². The number of methoxy groups -OCH3 is 1. The van der Waals surface area contributed by atoms with Crippen LogP contribution >= 0.6 is 0 Å². The van der Waals surface area contributed by atoms with E-state index in [2.05, 4.69) is 4.98 Å². The molecule has 2 heterocycles. The van der Waals surface area contributed by atoms with E-state index in [4.69, 9.17) is 9.15 Å². The van der Waals surface area contributed by atoms with Crippen molar-refractivity contribution in [3.05, 3.63) is 49.0 Å². The van der Waals surface area contributed by atoms with Gasteiger partial charge in [-0.05, 0) is 30.3 Å². The number of hydrogen-bond donors (Lipinski definition) is 1. The number of oxazole rings is 1. The second-order valence-electron chi connectivity index (χ2n) is 4.78. The average Bonchev–Trinajstić information content (AvgIpc) is 3.11. The third-order valence-corrected chi connectivity index (χ3v) is 3.59. The van der Waals surface area contributed by atoms with Gasteiger partial charge in [0.05, 0.1) is 12.8 Å². The smallest absolute Gasteiger partial charge is 0.203 e. The lowest BCUT2D eigenvalue weighted by Crippen LogP contribution is -1.90. The molecule has 0 spiro atoms. The Morgan fingerprint density at radius 3 is 2.95 bits per heavy atom. The normalized spacial score (nSPS) is 11.3. The summed E-state index contributed by atoms with van der Waals surface area (Å²) in [5.41, 5.74) is 2.28. The monoisotopic (exact) mass is 280 g/mol. The Kier molecular flexibility index (Phi) is 2.41. The van der Waals surface area contributed by atoms with Crippen molar-refractivity contribution in [2.75, 3.05) is 7.11 Å². The fraction of sp³-hybridized carbons (Fsp3) is 0.0625. The number of rotatable bonds is 2. The summed E-state index contributed by atoms with van der Waals surface area (Å²) in [6, 6.07) is 11.2. The molecule has 0 unspecified atom stereocenters. The minimum absolute atomic E-state index is 0.169. The predicted octanol–water partition coefficient (Wildman–Crippen LogP) is 3.49. The Labute approximate surface area is 120 Å². The number of benzene rings is 2. The van der Waals surface area contributed by atoms with E-state index in [1.54, 1.807) is 11.7 Å². The van der Waals surface area contributed by atoms with Crippen LogP contribution in [0.1, 0.15) is 0 Å². The van der Waals surface area contributed by atoms with Gasteiger partial charge in [0.2, 0.25) is 5.88 Å². The molecule has 4 rings (SSSR count). The maximum atomic E-state index is 10.4. The molecule has 1 N–H and O–H groups in total. The van der Waals surface area contributed by atoms with Crippen molar-refractivity contribution in [2.24, 2.45) is 0 Å². The fourth-order valence-electron chi connectivity index (χ4n) is 2.49. The Hall–Kier alpha value is -2.95. The van der Waals surface area contributed by atoms with Crippen molar-refractivity contribution in [1.29, 1.82) is 0 Å². The van der Waals surface area contributed by atoms with E-state index < -0.39 is 0 Å². The molecule has 2 aromatic heterocycles. The van der Waals surface area contributed by atoms with E-state index in [-0.39, 0.29) is 5.88 Å². The molecule has 4 aromatic rings. The summed E-state index contributed by atoms with van der Waals surface area (Å²) in [7, 11) is 1.60. The SMILES string of the molecule is COc1ccc2cn(-c3ccc4ncoc4c3)c(O)c2c1. The van der Waals surface area contributed by atoms with Crippen LogP contribution in [0.25, 0.3) is 27.6 Å². The molecular formula is C16H12N2O3. The summed E-state index contributed by atoms with van der Waals surface area (Å²) >= 11 is 0. The van der Waals surface area contributed by atoms with E-state index in [0.29, 0.717) is 11.3 Å². The number of nitrogens with zero attached hydrogens (tertiary/aromatic N) is 2. The van der Waals surface area contributed by atoms with Crippen LogP contribution in [-0.2, 0) is 0 Å². The van der Waals surface area contributed by atoms with Crippen molar-refractivity contribution in [1.82, 2.24) is 9.55 Å². The molecule has 5 nitrogen and oxygen atoms in total. The molecule has 2 aromatic carbocycles. The molecule has 21 heavy (non-hydrogen) atoms. The van der Waals surface area contributed by atoms with Crippen LogP contribution in [0, 0.1) is 0 Å². The molecule has 0 saturated heterocycles. The zero-order valence-corrected chi connectivity index (χ0v) is 11.3. The van der Waals surface area contributed by atoms with Gasteiger partial charge in [-0.2, -0.15) is 0 Å². The van der Waals surface area contributed by atoms with E-state index in [1.807, 2.05) is 42.6 Å². The molecule has 0 aliphatic heterocycles. The Balaban J connectivity index is 1.94. The third-order valence-electron chi connectivity index (χ3n) is 3.59. The summed E-state index contributed by atoms with van der Waals surface area (Å²) < 4.78 is 12.2. The van der Waals surface area contributed by atoms with Crippen LogP contribution in [0.5, 0.6) is 11.6 Å². The predicted molar refractivity (Wildman–Crippen MR) is 79.1 cm³/mol. The lowest BCUT2D eigenvalue weighted by Gasteiger charge is -2.04. The lowest BCUT2D eigenvalue weighted by atomic mass is 10.2. The van der Waals surface area contributed by atoms with Crippen molar-refractivity contribution < 1.29 is 14.3 Å². The van der Waals surface area contributed by atoms with E-state index in [0.717, 1.165) is 22.0 Å². The standard InChI is InChI=1S/C16H12N2O3/c1-20-12-4-2-10-8-18(16(19)13(10)7-12)11-3-5-14-15(6-11)21-9-17-14/h2-9,19H,1H3. The van der Waals surface area contributed by atoms with E-state index >= 15 is 0 Å². The Morgan fingerprint density at radius 2 is 2.10 bits per heavy atom. The minimum atomic E-state index is 0.169. The summed E-state index contributed by atoms with van der Waals surface area (Å²) in [6.07, 6.45) is 3.28. The van der Waals surface area contributed by atoms with Crippen LogP contribution < -0.4 is 4.74 Å². The average molecular weight is 280 g/mol. The highest BCUT2D eigenvalue weighted by atomic mass is 16.5. The lowest BCUT2D eigenvalue weighted by molar-refractivity contribution is 0.414. The molecule has 0 fully saturated rings. The number of aromatic nitrogens is 2. The maximum absolute atomic E-state index is 10.4. The van der Waals surface area contributed by atoms with Gasteiger partial charge in [0.25, 0.3) is 0 Å². The van der Waals surface area contributed by atoms with Gasteiger partial charge in [0, 0.05) is 23.0 Å². The highest BCUT2D eigenvalue weighted by Gasteiger charge is 2.11. The van der Waals surface area contributed by atoms with Gasteiger partial charge in [0.1, 0.15) is 11.3 Å². The first-order chi connectivity index (χ1) is 10.3. The highest BCUT2D eigenvalue weighted by Crippen LogP contribution is 2.33. The highest BCUT2D eigenvalue weighted by molar-refractivity contribution is 5.90. The van der Waals surface area contributed by atoms with Crippen LogP contribution in [0.3, 0.4) is 0 Å². The molecule has 104 valence electrons. The summed E-state index contributed by atoms with van der Waals surface area (Å²) in [4.78, 5) is 4.09. The number of hydrogen-bond acceptors (Lipinski definition) is 4. The molecule has 0 amide bonds. The van der Waals surface area contributed by atoms with Gasteiger partial charge in [-0.25, -0.2) is 4.98 Å². The topological polar surface area (TPSA) is 60.4 Å². The van der Waals surface area contributed by atoms with Crippen molar-refractivity contribution in [2.45, 2.75) is 0 Å². The van der Waals surface area contributed by atoms with Crippen LogP contribution in [0.15, 0.2) is 53.4 Å². The second-order valence-corrected chi connectivity index (χ2v) is 4.78. The second kappa shape index (κ2) is 4.28. The van der Waals surface area contributed by atoms with Gasteiger partial charge in [0.15, 0.2) is 12.0 Å². The molecule has 0 atom stereocenters. The maximum Gasteiger partial charge on any atom is 0.203 e. The number of fused-ring (bicyclic) bond motifs is 2. The van der Waals surface area contributed by atoms with Crippen molar-refractivity contribution in [3.8, 4) is 17.3 Å². The molecule has 0 saturated carbocycles. The third kappa shape index (κ3) is 1.74. The minimum Gasteiger partial charge on any atom is -0.497 e. The molecule has 5 heteroatoms. The van der Waals surface area contributed by atoms with E-state index in [9.17, 15) is 5.11 Å².